The Kier molecular flexibility index (Phi) is 6.60. The number of aryl methyl sites for hydroxylation is 2. The monoisotopic (exact) mass is 352 g/mol. The quantitative estimate of drug-likeness (QED) is 0.509. The first kappa shape index (κ1) is 18.7. The third kappa shape index (κ3) is 4.94. The molecule has 1 aromatic heterocycles. The van der Waals surface area contributed by atoms with Crippen LogP contribution in [-0.2, 0) is 9.53 Å². The third-order valence-electron chi connectivity index (χ3n) is 4.36. The summed E-state index contributed by atoms with van der Waals surface area (Å²) in [4.78, 5) is 28.7. The van der Waals surface area contributed by atoms with Crippen molar-refractivity contribution in [1.29, 1.82) is 0 Å². The molecule has 0 bridgehead atoms. The molecule has 0 radical (unpaired) electrons. The maximum atomic E-state index is 12.3. The lowest BCUT2D eigenvalue weighted by atomic mass is 10.1. The molecule has 0 aliphatic heterocycles. The molecule has 1 N–H and O–H groups in total. The minimum absolute atomic E-state index is 0.105. The zero-order valence-corrected chi connectivity index (χ0v) is 15.3. The van der Waals surface area contributed by atoms with Crippen LogP contribution in [-0.4, -0.2) is 29.0 Å². The number of rotatable bonds is 4. The normalized spacial score (nSPS) is 17.0. The number of hydrogen-bond acceptors (Lipinski definition) is 4. The highest BCUT2D eigenvalue weighted by Crippen LogP contribution is 2.21. The Morgan fingerprint density at radius 3 is 2.46 bits per heavy atom. The summed E-state index contributed by atoms with van der Waals surface area (Å²) in [5, 5.41) is 3.09. The second kappa shape index (κ2) is 8.47. The fraction of sp³-hybridized carbons (Fsp3) is 0.611. The molecule has 132 valence electrons. The van der Waals surface area contributed by atoms with Gasteiger partial charge < -0.3 is 10.1 Å². The molecule has 6 heteroatoms. The van der Waals surface area contributed by atoms with E-state index in [1.54, 1.807) is 26.8 Å². The van der Waals surface area contributed by atoms with Gasteiger partial charge in [-0.15, -0.1) is 0 Å². The van der Waals surface area contributed by atoms with Crippen molar-refractivity contribution < 1.29 is 14.3 Å². The van der Waals surface area contributed by atoms with Gasteiger partial charge in [-0.25, -0.2) is 9.78 Å². The van der Waals surface area contributed by atoms with Gasteiger partial charge in [0.2, 0.25) is 0 Å². The van der Waals surface area contributed by atoms with Crippen LogP contribution in [0.25, 0.3) is 0 Å². The molecule has 1 atom stereocenters. The van der Waals surface area contributed by atoms with Gasteiger partial charge in [0.25, 0.3) is 5.91 Å². The summed E-state index contributed by atoms with van der Waals surface area (Å²) in [7, 11) is 0. The van der Waals surface area contributed by atoms with E-state index in [-0.39, 0.29) is 22.7 Å². The van der Waals surface area contributed by atoms with Crippen LogP contribution < -0.4 is 5.32 Å². The number of nitrogens with zero attached hydrogens (tertiary/aromatic N) is 1. The van der Waals surface area contributed by atoms with Crippen LogP contribution in [0.5, 0.6) is 0 Å². The third-order valence-corrected chi connectivity index (χ3v) is 4.63. The molecule has 1 saturated carbocycles. The van der Waals surface area contributed by atoms with E-state index in [1.807, 2.05) is 0 Å². The van der Waals surface area contributed by atoms with Gasteiger partial charge in [0.05, 0.1) is 5.56 Å². The van der Waals surface area contributed by atoms with Crippen LogP contribution in [0.15, 0.2) is 6.07 Å². The Labute approximate surface area is 148 Å². The zero-order chi connectivity index (χ0) is 17.7. The molecule has 0 unspecified atom stereocenters. The molecule has 0 spiro atoms. The van der Waals surface area contributed by atoms with E-state index in [9.17, 15) is 9.59 Å². The topological polar surface area (TPSA) is 68.3 Å². The second-order valence-electron chi connectivity index (χ2n) is 6.49. The van der Waals surface area contributed by atoms with E-state index in [2.05, 4.69) is 10.3 Å². The maximum Gasteiger partial charge on any atom is 0.342 e. The molecule has 5 nitrogen and oxygen atoms in total. The van der Waals surface area contributed by atoms with E-state index in [0.717, 1.165) is 31.4 Å². The van der Waals surface area contributed by atoms with Gasteiger partial charge in [0, 0.05) is 11.7 Å². The zero-order valence-electron chi connectivity index (χ0n) is 14.5. The van der Waals surface area contributed by atoms with Gasteiger partial charge in [-0.1, -0.05) is 37.3 Å². The minimum atomic E-state index is -0.863. The molecular weight excluding hydrogens is 328 g/mol. The summed E-state index contributed by atoms with van der Waals surface area (Å²) in [5.74, 6) is -0.877. The van der Waals surface area contributed by atoms with Gasteiger partial charge in [0.1, 0.15) is 5.15 Å². The van der Waals surface area contributed by atoms with Crippen molar-refractivity contribution in [2.75, 3.05) is 0 Å². The van der Waals surface area contributed by atoms with Crippen molar-refractivity contribution in [3.63, 3.8) is 0 Å². The fourth-order valence-corrected chi connectivity index (χ4v) is 3.41. The molecule has 0 saturated heterocycles. The molecule has 24 heavy (non-hydrogen) atoms. The highest BCUT2D eigenvalue weighted by molar-refractivity contribution is 6.32. The number of pyridine rings is 1. The first-order valence-corrected chi connectivity index (χ1v) is 8.91. The lowest BCUT2D eigenvalue weighted by Crippen LogP contribution is -2.42. The summed E-state index contributed by atoms with van der Waals surface area (Å²) in [6.45, 7) is 5.15. The highest BCUT2D eigenvalue weighted by atomic mass is 35.5. The largest absolute Gasteiger partial charge is 0.449 e. The fourth-order valence-electron chi connectivity index (χ4n) is 3.05. The Bertz CT molecular complexity index is 587. The van der Waals surface area contributed by atoms with Crippen molar-refractivity contribution in [2.24, 2.45) is 0 Å². The number of aromatic nitrogens is 1. The van der Waals surface area contributed by atoms with E-state index >= 15 is 0 Å². The Balaban J connectivity index is 1.97. The number of carbonyl (C=O) groups excluding carboxylic acids is 2. The smallest absolute Gasteiger partial charge is 0.342 e. The van der Waals surface area contributed by atoms with Crippen molar-refractivity contribution in [3.8, 4) is 0 Å². The standard InChI is InChI=1S/C18H25ClN2O3/c1-11-10-12(2)20-16(19)15(11)18(23)24-13(3)17(22)21-14-8-6-4-5-7-9-14/h10,13-14H,4-9H2,1-3H3,(H,21,22)/t13-/m0/s1. The molecule has 1 aliphatic rings. The summed E-state index contributed by atoms with van der Waals surface area (Å²) < 4.78 is 5.30. The first-order chi connectivity index (χ1) is 11.4. The van der Waals surface area contributed by atoms with Gasteiger partial charge >= 0.3 is 5.97 Å². The predicted molar refractivity (Wildman–Crippen MR) is 93.2 cm³/mol. The number of ether oxygens (including phenoxy) is 1. The van der Waals surface area contributed by atoms with Crippen LogP contribution >= 0.6 is 11.6 Å². The predicted octanol–water partition coefficient (Wildman–Crippen LogP) is 3.74. The summed E-state index contributed by atoms with van der Waals surface area (Å²) in [5.41, 5.74) is 1.64. The number of hydrogen-bond donors (Lipinski definition) is 1. The van der Waals surface area contributed by atoms with Crippen LogP contribution in [0, 0.1) is 13.8 Å². The number of nitrogens with one attached hydrogen (secondary N) is 1. The molecule has 2 rings (SSSR count). The first-order valence-electron chi connectivity index (χ1n) is 8.53. The molecule has 1 aromatic rings. The van der Waals surface area contributed by atoms with E-state index < -0.39 is 12.1 Å². The van der Waals surface area contributed by atoms with Crippen LogP contribution in [0.2, 0.25) is 5.15 Å². The Morgan fingerprint density at radius 1 is 1.25 bits per heavy atom. The average molecular weight is 353 g/mol. The van der Waals surface area contributed by atoms with E-state index in [0.29, 0.717) is 5.56 Å². The average Bonchev–Trinajstić information content (AvgIpc) is 2.74. The van der Waals surface area contributed by atoms with E-state index in [1.165, 1.54) is 12.8 Å². The summed E-state index contributed by atoms with van der Waals surface area (Å²) in [6.07, 6.45) is 5.80. The Hall–Kier alpha value is -1.62. The summed E-state index contributed by atoms with van der Waals surface area (Å²) in [6, 6.07) is 1.94. The SMILES string of the molecule is Cc1cc(C)c(C(=O)O[C@@H](C)C(=O)NC2CCCCCC2)c(Cl)n1. The van der Waals surface area contributed by atoms with Gasteiger partial charge in [0.15, 0.2) is 6.10 Å². The molecule has 0 aromatic carbocycles. The number of halogens is 1. The highest BCUT2D eigenvalue weighted by Gasteiger charge is 2.24. The van der Waals surface area contributed by atoms with Gasteiger partial charge in [-0.2, -0.15) is 0 Å². The molecule has 1 amide bonds. The van der Waals surface area contributed by atoms with Gasteiger partial charge in [-0.05, 0) is 45.2 Å². The van der Waals surface area contributed by atoms with Gasteiger partial charge in [-0.3, -0.25) is 4.79 Å². The lowest BCUT2D eigenvalue weighted by Gasteiger charge is -2.20. The van der Waals surface area contributed by atoms with Crippen molar-refractivity contribution in [2.45, 2.75) is 71.4 Å². The summed E-state index contributed by atoms with van der Waals surface area (Å²) >= 11 is 6.05. The number of amides is 1. The minimum Gasteiger partial charge on any atom is -0.449 e. The molecular formula is C18H25ClN2O3. The van der Waals surface area contributed by atoms with Crippen molar-refractivity contribution in [3.05, 3.63) is 28.0 Å². The molecule has 1 aliphatic carbocycles. The number of esters is 1. The van der Waals surface area contributed by atoms with Crippen LogP contribution in [0.3, 0.4) is 0 Å². The molecule has 1 heterocycles. The van der Waals surface area contributed by atoms with Crippen LogP contribution in [0.1, 0.15) is 67.1 Å². The van der Waals surface area contributed by atoms with Crippen LogP contribution in [0.4, 0.5) is 0 Å². The van der Waals surface area contributed by atoms with Crippen molar-refractivity contribution >= 4 is 23.5 Å². The van der Waals surface area contributed by atoms with Crippen molar-refractivity contribution in [1.82, 2.24) is 10.3 Å². The maximum absolute atomic E-state index is 12.3. The number of carbonyl (C=O) groups is 2. The van der Waals surface area contributed by atoms with E-state index in [4.69, 9.17) is 16.3 Å². The second-order valence-corrected chi connectivity index (χ2v) is 6.85. The lowest BCUT2D eigenvalue weighted by molar-refractivity contribution is -0.129. The Morgan fingerprint density at radius 2 is 1.88 bits per heavy atom. The molecule has 1 fully saturated rings.